The zero-order valence-electron chi connectivity index (χ0n) is 7.33. The van der Waals surface area contributed by atoms with Gasteiger partial charge in [0.2, 0.25) is 0 Å². The van der Waals surface area contributed by atoms with E-state index >= 15 is 0 Å². The second-order valence-electron chi connectivity index (χ2n) is 2.59. The van der Waals surface area contributed by atoms with Crippen LogP contribution in [0.2, 0.25) is 0 Å². The molecule has 0 saturated heterocycles. The lowest BCUT2D eigenvalue weighted by Crippen LogP contribution is -1.88. The minimum absolute atomic E-state index is 0.226. The van der Waals surface area contributed by atoms with Gasteiger partial charge in [0.25, 0.3) is 0 Å². The normalized spacial score (nSPS) is 9.83. The Kier molecular flexibility index (Phi) is 3.35. The van der Waals surface area contributed by atoms with Gasteiger partial charge in [0, 0.05) is 11.3 Å². The molecule has 0 heterocycles. The quantitative estimate of drug-likeness (QED) is 0.651. The van der Waals surface area contributed by atoms with Crippen LogP contribution in [0.3, 0.4) is 0 Å². The summed E-state index contributed by atoms with van der Waals surface area (Å²) in [5.74, 6) is 0. The Balaban J connectivity index is 2.75. The van der Waals surface area contributed by atoms with Crippen LogP contribution in [0.4, 0.5) is 0 Å². The van der Waals surface area contributed by atoms with E-state index in [1.165, 1.54) is 17.3 Å². The number of hydrogen-bond acceptors (Lipinski definition) is 2. The van der Waals surface area contributed by atoms with E-state index in [0.29, 0.717) is 6.42 Å². The summed E-state index contributed by atoms with van der Waals surface area (Å²) in [4.78, 5) is 12.2. The Bertz CT molecular complexity index is 281. The molecule has 2 heteroatoms. The number of benzene rings is 1. The maximum atomic E-state index is 11.1. The van der Waals surface area contributed by atoms with Crippen LogP contribution in [0.15, 0.2) is 29.2 Å². The van der Waals surface area contributed by atoms with Gasteiger partial charge in [0.1, 0.15) is 0 Å². The monoisotopic (exact) mass is 180 g/mol. The molecule has 0 fully saturated rings. The molecule has 12 heavy (non-hydrogen) atoms. The van der Waals surface area contributed by atoms with Gasteiger partial charge in [-0.15, -0.1) is 0 Å². The van der Waals surface area contributed by atoms with Gasteiger partial charge < -0.3 is 0 Å². The predicted molar refractivity (Wildman–Crippen MR) is 52.3 cm³/mol. The number of carbonyl (C=O) groups excluding carboxylic acids is 1. The van der Waals surface area contributed by atoms with E-state index in [1.54, 1.807) is 0 Å². The van der Waals surface area contributed by atoms with Crippen LogP contribution in [-0.4, -0.2) is 5.12 Å². The van der Waals surface area contributed by atoms with Gasteiger partial charge in [0.05, 0.1) is 0 Å². The Morgan fingerprint density at radius 1 is 1.42 bits per heavy atom. The van der Waals surface area contributed by atoms with Crippen LogP contribution in [-0.2, 0) is 4.79 Å². The standard InChI is InChI=1S/C10H12OS/c1-3-10(11)12-9-7-5-4-6-8(9)2/h4-7H,3H2,1-2H3. The lowest BCUT2D eigenvalue weighted by molar-refractivity contribution is -0.110. The second kappa shape index (κ2) is 4.31. The van der Waals surface area contributed by atoms with Gasteiger partial charge in [0.15, 0.2) is 5.12 Å². The van der Waals surface area contributed by atoms with Crippen molar-refractivity contribution >= 4 is 16.9 Å². The van der Waals surface area contributed by atoms with Crippen LogP contribution in [0.5, 0.6) is 0 Å². The van der Waals surface area contributed by atoms with Crippen molar-refractivity contribution < 1.29 is 4.79 Å². The van der Waals surface area contributed by atoms with Crippen molar-refractivity contribution in [2.24, 2.45) is 0 Å². The summed E-state index contributed by atoms with van der Waals surface area (Å²) in [6.45, 7) is 3.90. The lowest BCUT2D eigenvalue weighted by Gasteiger charge is -2.01. The molecule has 0 spiro atoms. The highest BCUT2D eigenvalue weighted by Gasteiger charge is 2.02. The predicted octanol–water partition coefficient (Wildman–Crippen LogP) is 3.02. The topological polar surface area (TPSA) is 17.1 Å². The van der Waals surface area contributed by atoms with E-state index in [-0.39, 0.29) is 5.12 Å². The van der Waals surface area contributed by atoms with E-state index in [9.17, 15) is 4.79 Å². The van der Waals surface area contributed by atoms with E-state index in [1.807, 2.05) is 38.1 Å². The first-order chi connectivity index (χ1) is 5.74. The SMILES string of the molecule is CCC(=O)Sc1ccccc1C. The molecule has 0 aliphatic rings. The lowest BCUT2D eigenvalue weighted by atomic mass is 10.2. The first-order valence-corrected chi connectivity index (χ1v) is 4.82. The molecule has 0 atom stereocenters. The summed E-state index contributed by atoms with van der Waals surface area (Å²) in [5, 5.41) is 0.226. The largest absolute Gasteiger partial charge is 0.287 e. The molecular weight excluding hydrogens is 168 g/mol. The van der Waals surface area contributed by atoms with E-state index in [2.05, 4.69) is 0 Å². The molecule has 0 aliphatic carbocycles. The van der Waals surface area contributed by atoms with Gasteiger partial charge in [-0.3, -0.25) is 4.79 Å². The number of carbonyl (C=O) groups is 1. The van der Waals surface area contributed by atoms with Crippen molar-refractivity contribution in [2.75, 3.05) is 0 Å². The van der Waals surface area contributed by atoms with Crippen molar-refractivity contribution in [1.29, 1.82) is 0 Å². The third kappa shape index (κ3) is 2.38. The third-order valence-electron chi connectivity index (χ3n) is 1.61. The van der Waals surface area contributed by atoms with Crippen LogP contribution in [0.25, 0.3) is 0 Å². The molecule has 0 aliphatic heterocycles. The average Bonchev–Trinajstić information content (AvgIpc) is 2.09. The molecular formula is C10H12OS. The van der Waals surface area contributed by atoms with Crippen molar-refractivity contribution in [3.63, 3.8) is 0 Å². The minimum Gasteiger partial charge on any atom is -0.287 e. The van der Waals surface area contributed by atoms with Gasteiger partial charge in [-0.1, -0.05) is 36.9 Å². The summed E-state index contributed by atoms with van der Waals surface area (Å²) in [5.41, 5.74) is 1.17. The Morgan fingerprint density at radius 3 is 2.67 bits per heavy atom. The number of thioether (sulfide) groups is 1. The molecule has 1 aromatic carbocycles. The van der Waals surface area contributed by atoms with Crippen LogP contribution < -0.4 is 0 Å². The molecule has 0 aromatic heterocycles. The highest BCUT2D eigenvalue weighted by molar-refractivity contribution is 8.13. The molecule has 0 saturated carbocycles. The summed E-state index contributed by atoms with van der Waals surface area (Å²) >= 11 is 1.33. The summed E-state index contributed by atoms with van der Waals surface area (Å²) in [6, 6.07) is 7.94. The summed E-state index contributed by atoms with van der Waals surface area (Å²) < 4.78 is 0. The summed E-state index contributed by atoms with van der Waals surface area (Å²) in [6.07, 6.45) is 0.596. The number of aryl methyl sites for hydroxylation is 1. The van der Waals surface area contributed by atoms with Crippen molar-refractivity contribution in [2.45, 2.75) is 25.2 Å². The number of hydrogen-bond donors (Lipinski definition) is 0. The van der Waals surface area contributed by atoms with Gasteiger partial charge in [-0.05, 0) is 18.6 Å². The zero-order valence-corrected chi connectivity index (χ0v) is 8.15. The Labute approximate surface area is 77.2 Å². The van der Waals surface area contributed by atoms with Crippen LogP contribution in [0.1, 0.15) is 18.9 Å². The van der Waals surface area contributed by atoms with Crippen molar-refractivity contribution in [3.8, 4) is 0 Å². The van der Waals surface area contributed by atoms with E-state index < -0.39 is 0 Å². The zero-order chi connectivity index (χ0) is 8.97. The second-order valence-corrected chi connectivity index (χ2v) is 3.69. The molecule has 0 unspecified atom stereocenters. The summed E-state index contributed by atoms with van der Waals surface area (Å²) in [7, 11) is 0. The van der Waals surface area contributed by atoms with Crippen LogP contribution in [0, 0.1) is 6.92 Å². The molecule has 0 bridgehead atoms. The molecule has 1 rings (SSSR count). The van der Waals surface area contributed by atoms with Gasteiger partial charge >= 0.3 is 0 Å². The molecule has 1 nitrogen and oxygen atoms in total. The Hall–Kier alpha value is -0.760. The Morgan fingerprint density at radius 2 is 2.08 bits per heavy atom. The van der Waals surface area contributed by atoms with E-state index in [4.69, 9.17) is 0 Å². The first kappa shape index (κ1) is 9.33. The van der Waals surface area contributed by atoms with Crippen LogP contribution >= 0.6 is 11.8 Å². The minimum atomic E-state index is 0.226. The maximum absolute atomic E-state index is 11.1. The number of rotatable bonds is 2. The average molecular weight is 180 g/mol. The van der Waals surface area contributed by atoms with E-state index in [0.717, 1.165) is 4.90 Å². The highest BCUT2D eigenvalue weighted by atomic mass is 32.2. The fourth-order valence-electron chi connectivity index (χ4n) is 0.866. The maximum Gasteiger partial charge on any atom is 0.193 e. The fraction of sp³-hybridized carbons (Fsp3) is 0.300. The molecule has 1 aromatic rings. The highest BCUT2D eigenvalue weighted by Crippen LogP contribution is 2.23. The van der Waals surface area contributed by atoms with Gasteiger partial charge in [-0.25, -0.2) is 0 Å². The molecule has 0 N–H and O–H groups in total. The smallest absolute Gasteiger partial charge is 0.193 e. The molecule has 64 valence electrons. The fourth-order valence-corrected chi connectivity index (χ4v) is 1.63. The van der Waals surface area contributed by atoms with Crippen molar-refractivity contribution in [1.82, 2.24) is 0 Å². The van der Waals surface area contributed by atoms with Crippen molar-refractivity contribution in [3.05, 3.63) is 29.8 Å². The molecule has 0 radical (unpaired) electrons. The first-order valence-electron chi connectivity index (χ1n) is 4.00. The molecule has 0 amide bonds. The third-order valence-corrected chi connectivity index (χ3v) is 2.80. The van der Waals surface area contributed by atoms with Gasteiger partial charge in [-0.2, -0.15) is 0 Å².